The van der Waals surface area contributed by atoms with Crippen LogP contribution in [0.3, 0.4) is 0 Å². The van der Waals surface area contributed by atoms with Gasteiger partial charge < -0.3 is 10.2 Å². The van der Waals surface area contributed by atoms with Crippen molar-refractivity contribution in [3.05, 3.63) is 105 Å². The number of nitrogens with zero attached hydrogens (tertiary/aromatic N) is 3. The number of carbonyl (C=O) groups is 2. The number of sulfonamides is 1. The number of nitro benzene ring substituents is 1. The quantitative estimate of drug-likeness (QED) is 0.216. The number of aryl methyl sites for hydroxylation is 1. The van der Waals surface area contributed by atoms with Crippen molar-refractivity contribution in [3.63, 3.8) is 0 Å². The largest absolute Gasteiger partial charge is 0.352 e. The van der Waals surface area contributed by atoms with Gasteiger partial charge in [-0.05, 0) is 43.0 Å². The summed E-state index contributed by atoms with van der Waals surface area (Å²) in [4.78, 5) is 40.0. The standard InChI is InChI=1S/C30H35ClN4O6S/c1-5-22(3)32-30(37)28(17-23-11-7-6-8-12-23)33(19-24-13-9-10-14-26(24)31)29(36)20-34(42(4,40)41)27-18-25(35(38)39)16-15-21(27)2/h6-16,18,22,28H,5,17,19-20H2,1-4H3,(H,32,37)/t22-,28-/m0/s1. The van der Waals surface area contributed by atoms with Crippen molar-refractivity contribution in [3.8, 4) is 0 Å². The van der Waals surface area contributed by atoms with Crippen LogP contribution in [0.15, 0.2) is 72.8 Å². The molecule has 12 heteroatoms. The van der Waals surface area contributed by atoms with E-state index in [1.165, 1.54) is 17.0 Å². The first-order chi connectivity index (χ1) is 19.8. The third-order valence-corrected chi connectivity index (χ3v) is 8.42. The Morgan fingerprint density at radius 2 is 1.69 bits per heavy atom. The van der Waals surface area contributed by atoms with Gasteiger partial charge in [0.1, 0.15) is 12.6 Å². The first kappa shape index (κ1) is 32.6. The predicted octanol–water partition coefficient (Wildman–Crippen LogP) is 4.88. The maximum atomic E-state index is 14.2. The van der Waals surface area contributed by atoms with Crippen molar-refractivity contribution in [2.75, 3.05) is 17.1 Å². The number of carbonyl (C=O) groups excluding carboxylic acids is 2. The number of nitro groups is 1. The van der Waals surface area contributed by atoms with Crippen LogP contribution in [-0.4, -0.2) is 54.9 Å². The number of non-ortho nitro benzene ring substituents is 1. The second-order valence-corrected chi connectivity index (χ2v) is 12.4. The molecule has 2 amide bonds. The first-order valence-corrected chi connectivity index (χ1v) is 15.6. The lowest BCUT2D eigenvalue weighted by Gasteiger charge is -2.34. The fourth-order valence-corrected chi connectivity index (χ4v) is 5.47. The minimum atomic E-state index is -4.08. The maximum Gasteiger partial charge on any atom is 0.271 e. The van der Waals surface area contributed by atoms with E-state index in [1.54, 1.807) is 31.2 Å². The number of hydrogen-bond acceptors (Lipinski definition) is 6. The summed E-state index contributed by atoms with van der Waals surface area (Å²) in [7, 11) is -4.08. The molecule has 10 nitrogen and oxygen atoms in total. The van der Waals surface area contributed by atoms with Crippen LogP contribution in [0, 0.1) is 17.0 Å². The number of halogens is 1. The van der Waals surface area contributed by atoms with Crippen LogP contribution in [-0.2, 0) is 32.6 Å². The maximum absolute atomic E-state index is 14.2. The Balaban J connectivity index is 2.12. The zero-order valence-corrected chi connectivity index (χ0v) is 25.6. The molecule has 3 aromatic carbocycles. The Labute approximate surface area is 251 Å². The Morgan fingerprint density at radius 1 is 1.05 bits per heavy atom. The molecule has 3 rings (SSSR count). The summed E-state index contributed by atoms with van der Waals surface area (Å²) >= 11 is 6.46. The highest BCUT2D eigenvalue weighted by Crippen LogP contribution is 2.28. The molecule has 42 heavy (non-hydrogen) atoms. The Bertz CT molecular complexity index is 1530. The van der Waals surface area contributed by atoms with Gasteiger partial charge in [-0.15, -0.1) is 0 Å². The lowest BCUT2D eigenvalue weighted by molar-refractivity contribution is -0.384. The summed E-state index contributed by atoms with van der Waals surface area (Å²) in [6.45, 7) is 4.62. The van der Waals surface area contributed by atoms with E-state index < -0.39 is 39.3 Å². The van der Waals surface area contributed by atoms with Gasteiger partial charge in [0.25, 0.3) is 5.69 Å². The van der Waals surface area contributed by atoms with Gasteiger partial charge in [-0.25, -0.2) is 8.42 Å². The van der Waals surface area contributed by atoms with Crippen LogP contribution < -0.4 is 9.62 Å². The summed E-state index contributed by atoms with van der Waals surface area (Å²) in [5, 5.41) is 14.8. The van der Waals surface area contributed by atoms with E-state index in [0.717, 1.165) is 22.2 Å². The molecule has 1 N–H and O–H groups in total. The van der Waals surface area contributed by atoms with Crippen LogP contribution in [0.1, 0.15) is 37.0 Å². The van der Waals surface area contributed by atoms with Crippen LogP contribution in [0.5, 0.6) is 0 Å². The molecule has 0 unspecified atom stereocenters. The minimum absolute atomic E-state index is 0.00131. The van der Waals surface area contributed by atoms with Crippen LogP contribution in [0.2, 0.25) is 5.02 Å². The molecule has 0 bridgehead atoms. The molecule has 0 saturated carbocycles. The van der Waals surface area contributed by atoms with Crippen LogP contribution >= 0.6 is 11.6 Å². The normalized spacial score (nSPS) is 12.7. The van der Waals surface area contributed by atoms with E-state index in [0.29, 0.717) is 22.6 Å². The minimum Gasteiger partial charge on any atom is -0.352 e. The van der Waals surface area contributed by atoms with Gasteiger partial charge in [0.05, 0.1) is 16.9 Å². The Kier molecular flexibility index (Phi) is 11.1. The molecule has 0 aromatic heterocycles. The fraction of sp³-hybridized carbons (Fsp3) is 0.333. The molecule has 0 saturated heterocycles. The molecule has 0 aliphatic heterocycles. The lowest BCUT2D eigenvalue weighted by atomic mass is 10.0. The van der Waals surface area contributed by atoms with Crippen molar-refractivity contribution in [1.82, 2.24) is 10.2 Å². The molecule has 0 fully saturated rings. The number of amides is 2. The summed E-state index contributed by atoms with van der Waals surface area (Å²) in [6.07, 6.45) is 1.75. The van der Waals surface area contributed by atoms with Gasteiger partial charge in [0.2, 0.25) is 21.8 Å². The van der Waals surface area contributed by atoms with Gasteiger partial charge in [0, 0.05) is 36.2 Å². The zero-order chi connectivity index (χ0) is 31.0. The van der Waals surface area contributed by atoms with E-state index in [1.807, 2.05) is 44.2 Å². The molecule has 224 valence electrons. The molecule has 0 spiro atoms. The number of rotatable bonds is 13. The van der Waals surface area contributed by atoms with Crippen molar-refractivity contribution in [2.24, 2.45) is 0 Å². The van der Waals surface area contributed by atoms with E-state index in [-0.39, 0.29) is 30.4 Å². The van der Waals surface area contributed by atoms with E-state index in [2.05, 4.69) is 5.32 Å². The van der Waals surface area contributed by atoms with Gasteiger partial charge >= 0.3 is 0 Å². The van der Waals surface area contributed by atoms with E-state index in [4.69, 9.17) is 11.6 Å². The average Bonchev–Trinajstić information content (AvgIpc) is 2.94. The zero-order valence-electron chi connectivity index (χ0n) is 24.0. The van der Waals surface area contributed by atoms with Crippen LogP contribution in [0.25, 0.3) is 0 Å². The number of benzene rings is 3. The molecular weight excluding hydrogens is 580 g/mol. The topological polar surface area (TPSA) is 130 Å². The molecular formula is C30H35ClN4O6S. The summed E-state index contributed by atoms with van der Waals surface area (Å²) in [5.74, 6) is -1.07. The van der Waals surface area contributed by atoms with E-state index in [9.17, 15) is 28.1 Å². The SMILES string of the molecule is CC[C@H](C)NC(=O)[C@H](Cc1ccccc1)N(Cc1ccccc1Cl)C(=O)CN(c1cc([N+](=O)[O-])ccc1C)S(C)(=O)=O. The lowest BCUT2D eigenvalue weighted by Crippen LogP contribution is -2.54. The third kappa shape index (κ3) is 8.53. The average molecular weight is 615 g/mol. The highest BCUT2D eigenvalue weighted by Gasteiger charge is 2.34. The Morgan fingerprint density at radius 3 is 2.29 bits per heavy atom. The predicted molar refractivity (Wildman–Crippen MR) is 164 cm³/mol. The van der Waals surface area contributed by atoms with Gasteiger partial charge in [-0.1, -0.05) is 73.1 Å². The summed E-state index contributed by atoms with van der Waals surface area (Å²) in [6, 6.07) is 18.7. The molecule has 0 aliphatic carbocycles. The van der Waals surface area contributed by atoms with Gasteiger partial charge in [-0.3, -0.25) is 24.0 Å². The highest BCUT2D eigenvalue weighted by molar-refractivity contribution is 7.92. The van der Waals surface area contributed by atoms with Crippen LogP contribution in [0.4, 0.5) is 11.4 Å². The van der Waals surface area contributed by atoms with Crippen molar-refractivity contribution >= 4 is 44.8 Å². The molecule has 3 aromatic rings. The second kappa shape index (κ2) is 14.3. The molecule has 2 atom stereocenters. The van der Waals surface area contributed by atoms with Crippen molar-refractivity contribution in [2.45, 2.75) is 52.2 Å². The highest BCUT2D eigenvalue weighted by atomic mass is 35.5. The molecule has 0 aliphatic rings. The third-order valence-electron chi connectivity index (χ3n) is 6.92. The van der Waals surface area contributed by atoms with Crippen molar-refractivity contribution in [1.29, 1.82) is 0 Å². The number of hydrogen-bond donors (Lipinski definition) is 1. The fourth-order valence-electron chi connectivity index (χ4n) is 4.38. The summed E-state index contributed by atoms with van der Waals surface area (Å²) < 4.78 is 26.8. The van der Waals surface area contributed by atoms with E-state index >= 15 is 0 Å². The smallest absolute Gasteiger partial charge is 0.271 e. The first-order valence-electron chi connectivity index (χ1n) is 13.4. The van der Waals surface area contributed by atoms with Gasteiger partial charge in [-0.2, -0.15) is 0 Å². The molecule has 0 heterocycles. The van der Waals surface area contributed by atoms with Gasteiger partial charge in [0.15, 0.2) is 0 Å². The number of anilines is 1. The Hall–Kier alpha value is -3.96. The monoisotopic (exact) mass is 614 g/mol. The molecule has 0 radical (unpaired) electrons. The second-order valence-electron chi connectivity index (χ2n) is 10.1. The summed E-state index contributed by atoms with van der Waals surface area (Å²) in [5.41, 5.74) is 1.47. The van der Waals surface area contributed by atoms with Crippen molar-refractivity contribution < 1.29 is 22.9 Å². The number of nitrogens with one attached hydrogen (secondary N) is 1.